The molecule has 2 rings (SSSR count). The van der Waals surface area contributed by atoms with Crippen LogP contribution in [0, 0.1) is 5.82 Å². The standard InChI is InChI=1S/C12H15FN2O/c1-9-3-2-6-15(7-9)12-11(13)10(8-16)4-5-14-12/h3-5,16H,2,6-8H2,1H3. The van der Waals surface area contributed by atoms with Crippen molar-refractivity contribution in [2.24, 2.45) is 0 Å². The molecule has 3 nitrogen and oxygen atoms in total. The fourth-order valence-corrected chi connectivity index (χ4v) is 1.91. The number of aromatic nitrogens is 1. The lowest BCUT2D eigenvalue weighted by molar-refractivity contribution is 0.275. The minimum atomic E-state index is -0.403. The van der Waals surface area contributed by atoms with Gasteiger partial charge < -0.3 is 10.0 Å². The van der Waals surface area contributed by atoms with Gasteiger partial charge in [0.25, 0.3) is 0 Å². The number of rotatable bonds is 2. The SMILES string of the molecule is CC1=CCCN(c2nccc(CO)c2F)C1. The van der Waals surface area contributed by atoms with Crippen molar-refractivity contribution in [1.82, 2.24) is 4.98 Å². The Morgan fingerprint density at radius 3 is 3.06 bits per heavy atom. The molecule has 0 atom stereocenters. The third kappa shape index (κ3) is 2.07. The van der Waals surface area contributed by atoms with E-state index in [4.69, 9.17) is 5.11 Å². The molecule has 16 heavy (non-hydrogen) atoms. The number of anilines is 1. The van der Waals surface area contributed by atoms with Crippen molar-refractivity contribution in [2.75, 3.05) is 18.0 Å². The monoisotopic (exact) mass is 222 g/mol. The number of pyridine rings is 1. The van der Waals surface area contributed by atoms with E-state index in [1.54, 1.807) is 0 Å². The Balaban J connectivity index is 2.30. The van der Waals surface area contributed by atoms with E-state index in [2.05, 4.69) is 11.1 Å². The van der Waals surface area contributed by atoms with E-state index in [0.717, 1.165) is 13.0 Å². The van der Waals surface area contributed by atoms with Crippen molar-refractivity contribution in [3.8, 4) is 0 Å². The molecule has 1 aromatic heterocycles. The van der Waals surface area contributed by atoms with E-state index in [-0.39, 0.29) is 6.61 Å². The second-order valence-corrected chi connectivity index (χ2v) is 4.03. The lowest BCUT2D eigenvalue weighted by atomic mass is 10.1. The summed E-state index contributed by atoms with van der Waals surface area (Å²) < 4.78 is 13.9. The van der Waals surface area contributed by atoms with Crippen LogP contribution in [0.25, 0.3) is 0 Å². The summed E-state index contributed by atoms with van der Waals surface area (Å²) in [7, 11) is 0. The average Bonchev–Trinajstić information content (AvgIpc) is 2.29. The molecule has 0 aliphatic carbocycles. The predicted molar refractivity (Wildman–Crippen MR) is 60.7 cm³/mol. The second-order valence-electron chi connectivity index (χ2n) is 4.03. The zero-order valence-corrected chi connectivity index (χ0v) is 9.28. The maximum absolute atomic E-state index is 13.9. The van der Waals surface area contributed by atoms with Gasteiger partial charge in [0.1, 0.15) is 0 Å². The van der Waals surface area contributed by atoms with Crippen LogP contribution < -0.4 is 4.90 Å². The lowest BCUT2D eigenvalue weighted by Gasteiger charge is -2.27. The van der Waals surface area contributed by atoms with Crippen LogP contribution in [0.5, 0.6) is 0 Å². The third-order valence-corrected chi connectivity index (χ3v) is 2.75. The quantitative estimate of drug-likeness (QED) is 0.776. The van der Waals surface area contributed by atoms with Crippen LogP contribution in [-0.4, -0.2) is 23.2 Å². The maximum atomic E-state index is 13.9. The van der Waals surface area contributed by atoms with Gasteiger partial charge in [-0.1, -0.05) is 11.6 Å². The van der Waals surface area contributed by atoms with Gasteiger partial charge in [-0.05, 0) is 19.4 Å². The van der Waals surface area contributed by atoms with Crippen LogP contribution in [0.1, 0.15) is 18.9 Å². The van der Waals surface area contributed by atoms with Crippen molar-refractivity contribution in [1.29, 1.82) is 0 Å². The van der Waals surface area contributed by atoms with Crippen molar-refractivity contribution in [2.45, 2.75) is 20.0 Å². The van der Waals surface area contributed by atoms with Crippen LogP contribution in [0.4, 0.5) is 10.2 Å². The molecule has 0 aromatic carbocycles. The number of nitrogens with zero attached hydrogens (tertiary/aromatic N) is 2. The zero-order valence-electron chi connectivity index (χ0n) is 9.28. The molecule has 0 spiro atoms. The van der Waals surface area contributed by atoms with Crippen LogP contribution in [0.2, 0.25) is 0 Å². The Morgan fingerprint density at radius 2 is 2.38 bits per heavy atom. The minimum Gasteiger partial charge on any atom is -0.392 e. The van der Waals surface area contributed by atoms with Gasteiger partial charge in [0.15, 0.2) is 11.6 Å². The maximum Gasteiger partial charge on any atom is 0.171 e. The minimum absolute atomic E-state index is 0.288. The molecule has 2 heterocycles. The van der Waals surface area contributed by atoms with Crippen molar-refractivity contribution in [3.05, 3.63) is 35.3 Å². The Morgan fingerprint density at radius 1 is 1.56 bits per heavy atom. The predicted octanol–water partition coefficient (Wildman–Crippen LogP) is 1.87. The molecule has 0 radical (unpaired) electrons. The summed E-state index contributed by atoms with van der Waals surface area (Å²) in [5, 5.41) is 9.00. The van der Waals surface area contributed by atoms with E-state index < -0.39 is 5.82 Å². The van der Waals surface area contributed by atoms with E-state index in [1.165, 1.54) is 17.8 Å². The second kappa shape index (κ2) is 4.61. The summed E-state index contributed by atoms with van der Waals surface area (Å²) in [6.45, 7) is 3.22. The molecule has 0 amide bonds. The van der Waals surface area contributed by atoms with Gasteiger partial charge in [0, 0.05) is 24.8 Å². The number of aliphatic hydroxyl groups is 1. The van der Waals surface area contributed by atoms with Crippen molar-refractivity contribution in [3.63, 3.8) is 0 Å². The Labute approximate surface area is 94.2 Å². The fourth-order valence-electron chi connectivity index (χ4n) is 1.91. The van der Waals surface area contributed by atoms with Crippen LogP contribution >= 0.6 is 0 Å². The Bertz CT molecular complexity index is 417. The molecule has 0 unspecified atom stereocenters. The van der Waals surface area contributed by atoms with Crippen molar-refractivity contribution >= 4 is 5.82 Å². The number of hydrogen-bond acceptors (Lipinski definition) is 3. The first-order chi connectivity index (χ1) is 7.72. The van der Waals surface area contributed by atoms with E-state index in [1.807, 2.05) is 11.8 Å². The molecular formula is C12H15FN2O. The normalized spacial score (nSPS) is 16.2. The molecule has 0 saturated heterocycles. The smallest absolute Gasteiger partial charge is 0.171 e. The van der Waals surface area contributed by atoms with Gasteiger partial charge in [0.2, 0.25) is 0 Å². The fraction of sp³-hybridized carbons (Fsp3) is 0.417. The number of hydrogen-bond donors (Lipinski definition) is 1. The lowest BCUT2D eigenvalue weighted by Crippen LogP contribution is -2.31. The molecule has 1 aliphatic rings. The van der Waals surface area contributed by atoms with Gasteiger partial charge >= 0.3 is 0 Å². The summed E-state index contributed by atoms with van der Waals surface area (Å²) in [6, 6.07) is 1.51. The summed E-state index contributed by atoms with van der Waals surface area (Å²) >= 11 is 0. The van der Waals surface area contributed by atoms with Gasteiger partial charge in [-0.2, -0.15) is 0 Å². The third-order valence-electron chi connectivity index (χ3n) is 2.75. The first-order valence-electron chi connectivity index (χ1n) is 5.37. The first kappa shape index (κ1) is 11.1. The van der Waals surface area contributed by atoms with Gasteiger partial charge in [-0.3, -0.25) is 0 Å². The van der Waals surface area contributed by atoms with Gasteiger partial charge in [0.05, 0.1) is 6.61 Å². The zero-order chi connectivity index (χ0) is 11.5. The molecular weight excluding hydrogens is 207 g/mol. The van der Waals surface area contributed by atoms with Crippen LogP contribution in [-0.2, 0) is 6.61 Å². The topological polar surface area (TPSA) is 36.4 Å². The first-order valence-corrected chi connectivity index (χ1v) is 5.37. The highest BCUT2D eigenvalue weighted by Crippen LogP contribution is 2.22. The molecule has 1 aromatic rings. The molecule has 4 heteroatoms. The van der Waals surface area contributed by atoms with E-state index in [9.17, 15) is 4.39 Å². The average molecular weight is 222 g/mol. The van der Waals surface area contributed by atoms with Gasteiger partial charge in [-0.15, -0.1) is 0 Å². The van der Waals surface area contributed by atoms with E-state index >= 15 is 0 Å². The number of halogens is 1. The molecule has 0 bridgehead atoms. The van der Waals surface area contributed by atoms with Crippen molar-refractivity contribution < 1.29 is 9.50 Å². The molecule has 1 aliphatic heterocycles. The molecule has 0 saturated carbocycles. The highest BCUT2D eigenvalue weighted by molar-refractivity contribution is 5.45. The summed E-state index contributed by atoms with van der Waals surface area (Å²) in [5.41, 5.74) is 1.53. The summed E-state index contributed by atoms with van der Waals surface area (Å²) in [4.78, 5) is 5.96. The summed E-state index contributed by atoms with van der Waals surface area (Å²) in [6.07, 6.45) is 4.61. The summed E-state index contributed by atoms with van der Waals surface area (Å²) in [5.74, 6) is -0.0568. The largest absolute Gasteiger partial charge is 0.392 e. The molecule has 1 N–H and O–H groups in total. The van der Waals surface area contributed by atoms with E-state index in [0.29, 0.717) is 17.9 Å². The van der Waals surface area contributed by atoms with Gasteiger partial charge in [-0.25, -0.2) is 9.37 Å². The number of aliphatic hydroxyl groups excluding tert-OH is 1. The Kier molecular flexibility index (Phi) is 3.19. The Hall–Kier alpha value is -1.42. The molecule has 86 valence electrons. The molecule has 0 fully saturated rings. The highest BCUT2D eigenvalue weighted by atomic mass is 19.1. The van der Waals surface area contributed by atoms with Crippen LogP contribution in [0.3, 0.4) is 0 Å². The highest BCUT2D eigenvalue weighted by Gasteiger charge is 2.17. The van der Waals surface area contributed by atoms with Crippen LogP contribution in [0.15, 0.2) is 23.9 Å².